The van der Waals surface area contributed by atoms with Crippen LogP contribution < -0.4 is 5.01 Å². The first-order valence-electron chi connectivity index (χ1n) is 7.78. The van der Waals surface area contributed by atoms with Crippen LogP contribution in [0.25, 0.3) is 0 Å². The first-order valence-corrected chi connectivity index (χ1v) is 7.78. The van der Waals surface area contributed by atoms with Crippen molar-refractivity contribution in [3.63, 3.8) is 0 Å². The molecule has 4 heteroatoms. The molecule has 3 aromatic rings. The summed E-state index contributed by atoms with van der Waals surface area (Å²) < 4.78 is 0. The van der Waals surface area contributed by atoms with E-state index < -0.39 is 5.92 Å². The Morgan fingerprint density at radius 1 is 0.792 bits per heavy atom. The van der Waals surface area contributed by atoms with E-state index in [2.05, 4.69) is 10.1 Å². The summed E-state index contributed by atoms with van der Waals surface area (Å²) in [7, 11) is 0. The number of rotatable bonds is 3. The zero-order chi connectivity index (χ0) is 16.4. The van der Waals surface area contributed by atoms with Crippen LogP contribution in [0, 0.1) is 0 Å². The predicted molar refractivity (Wildman–Crippen MR) is 93.9 cm³/mol. The first kappa shape index (κ1) is 14.3. The molecule has 1 aliphatic rings. The van der Waals surface area contributed by atoms with Crippen LogP contribution in [0.2, 0.25) is 0 Å². The van der Waals surface area contributed by atoms with E-state index in [1.807, 2.05) is 78.9 Å². The highest BCUT2D eigenvalue weighted by Crippen LogP contribution is 2.32. The lowest BCUT2D eigenvalue weighted by Gasteiger charge is -2.14. The molecule has 1 unspecified atom stereocenters. The highest BCUT2D eigenvalue weighted by molar-refractivity contribution is 6.24. The third-order valence-corrected chi connectivity index (χ3v) is 4.00. The predicted octanol–water partition coefficient (Wildman–Crippen LogP) is 3.62. The smallest absolute Gasteiger partial charge is 0.261 e. The second-order valence-corrected chi connectivity index (χ2v) is 5.53. The quantitative estimate of drug-likeness (QED) is 0.741. The second kappa shape index (κ2) is 6.08. The lowest BCUT2D eigenvalue weighted by molar-refractivity contribution is -0.118. The Kier molecular flexibility index (Phi) is 3.63. The Balaban J connectivity index is 1.83. The molecule has 0 N–H and O–H groups in total. The molecule has 1 atom stereocenters. The number of hydrogen-bond donors (Lipinski definition) is 0. The lowest BCUT2D eigenvalue weighted by Crippen LogP contribution is -2.26. The number of nitrogens with zero attached hydrogens (tertiary/aromatic N) is 3. The molecule has 0 aliphatic carbocycles. The average molecular weight is 313 g/mol. The van der Waals surface area contributed by atoms with Gasteiger partial charge in [-0.15, -0.1) is 0 Å². The summed E-state index contributed by atoms with van der Waals surface area (Å²) in [4.78, 5) is 17.5. The lowest BCUT2D eigenvalue weighted by atomic mass is 9.92. The minimum Gasteiger partial charge on any atom is -0.271 e. The standard InChI is InChI=1S/C20H15N3O/c24-20-18(15-9-3-1-4-10-15)19(17-13-7-8-14-21-17)22-23(20)16-11-5-2-6-12-16/h1-14,18H. The van der Waals surface area contributed by atoms with E-state index in [1.165, 1.54) is 5.01 Å². The molecule has 24 heavy (non-hydrogen) atoms. The van der Waals surface area contributed by atoms with Crippen molar-refractivity contribution in [1.29, 1.82) is 0 Å². The molecular formula is C20H15N3O. The maximum atomic E-state index is 13.1. The van der Waals surface area contributed by atoms with E-state index in [0.29, 0.717) is 5.71 Å². The number of hydrazone groups is 1. The SMILES string of the molecule is O=C1C(c2ccccc2)C(c2ccccn2)=NN1c1ccccc1. The van der Waals surface area contributed by atoms with E-state index in [0.717, 1.165) is 16.9 Å². The summed E-state index contributed by atoms with van der Waals surface area (Å²) in [6.45, 7) is 0. The molecule has 2 aromatic carbocycles. The number of para-hydroxylation sites is 1. The number of aromatic nitrogens is 1. The van der Waals surface area contributed by atoms with Crippen LogP contribution in [0.15, 0.2) is 90.2 Å². The fourth-order valence-corrected chi connectivity index (χ4v) is 2.87. The van der Waals surface area contributed by atoms with Crippen molar-refractivity contribution >= 4 is 17.3 Å². The fraction of sp³-hybridized carbons (Fsp3) is 0.0500. The zero-order valence-corrected chi connectivity index (χ0v) is 12.9. The van der Waals surface area contributed by atoms with Gasteiger partial charge in [0.25, 0.3) is 5.91 Å². The van der Waals surface area contributed by atoms with Crippen LogP contribution in [0.5, 0.6) is 0 Å². The van der Waals surface area contributed by atoms with Gasteiger partial charge in [-0.25, -0.2) is 0 Å². The molecule has 1 aromatic heterocycles. The normalized spacial score (nSPS) is 17.0. The first-order chi connectivity index (χ1) is 11.8. The van der Waals surface area contributed by atoms with E-state index in [-0.39, 0.29) is 5.91 Å². The molecule has 2 heterocycles. The topological polar surface area (TPSA) is 45.6 Å². The number of carbonyl (C=O) groups is 1. The van der Waals surface area contributed by atoms with Crippen molar-refractivity contribution < 1.29 is 4.79 Å². The molecule has 0 bridgehead atoms. The summed E-state index contributed by atoms with van der Waals surface area (Å²) in [6, 6.07) is 24.8. The minimum atomic E-state index is -0.443. The summed E-state index contributed by atoms with van der Waals surface area (Å²) in [5.74, 6) is -0.505. The van der Waals surface area contributed by atoms with Gasteiger partial charge in [-0.3, -0.25) is 9.78 Å². The van der Waals surface area contributed by atoms with Crippen molar-refractivity contribution in [2.45, 2.75) is 5.92 Å². The third-order valence-electron chi connectivity index (χ3n) is 4.00. The van der Waals surface area contributed by atoms with Crippen molar-refractivity contribution in [3.05, 3.63) is 96.3 Å². The average Bonchev–Trinajstić information content (AvgIpc) is 3.01. The molecule has 1 amide bonds. The summed E-state index contributed by atoms with van der Waals surface area (Å²) >= 11 is 0. The molecule has 0 saturated heterocycles. The van der Waals surface area contributed by atoms with Crippen LogP contribution in [-0.2, 0) is 4.79 Å². The fourth-order valence-electron chi connectivity index (χ4n) is 2.87. The number of anilines is 1. The van der Waals surface area contributed by atoms with Gasteiger partial charge in [-0.1, -0.05) is 54.6 Å². The zero-order valence-electron chi connectivity index (χ0n) is 12.9. The maximum Gasteiger partial charge on any atom is 0.261 e. The molecule has 116 valence electrons. The number of benzene rings is 2. The highest BCUT2D eigenvalue weighted by atomic mass is 16.2. The van der Waals surface area contributed by atoms with Crippen molar-refractivity contribution in [1.82, 2.24) is 4.98 Å². The molecule has 0 fully saturated rings. The van der Waals surface area contributed by atoms with Crippen LogP contribution in [-0.4, -0.2) is 16.6 Å². The molecule has 0 radical (unpaired) electrons. The van der Waals surface area contributed by atoms with Crippen LogP contribution in [0.1, 0.15) is 17.2 Å². The van der Waals surface area contributed by atoms with Crippen molar-refractivity contribution in [2.24, 2.45) is 5.10 Å². The van der Waals surface area contributed by atoms with Gasteiger partial charge >= 0.3 is 0 Å². The Morgan fingerprint density at radius 3 is 2.12 bits per heavy atom. The van der Waals surface area contributed by atoms with Gasteiger partial charge in [0.15, 0.2) is 0 Å². The van der Waals surface area contributed by atoms with E-state index in [9.17, 15) is 4.79 Å². The molecule has 1 aliphatic heterocycles. The minimum absolute atomic E-state index is 0.0620. The van der Waals surface area contributed by atoms with Gasteiger partial charge in [-0.2, -0.15) is 10.1 Å². The Bertz CT molecular complexity index is 877. The van der Waals surface area contributed by atoms with E-state index in [1.54, 1.807) is 6.20 Å². The summed E-state index contributed by atoms with van der Waals surface area (Å²) in [5, 5.41) is 6.08. The Morgan fingerprint density at radius 2 is 1.46 bits per heavy atom. The van der Waals surface area contributed by atoms with Gasteiger partial charge in [-0.05, 0) is 29.8 Å². The number of carbonyl (C=O) groups excluding carboxylic acids is 1. The van der Waals surface area contributed by atoms with Gasteiger partial charge in [0, 0.05) is 6.20 Å². The van der Waals surface area contributed by atoms with Gasteiger partial charge in [0.1, 0.15) is 11.6 Å². The number of amides is 1. The van der Waals surface area contributed by atoms with E-state index in [4.69, 9.17) is 0 Å². The van der Waals surface area contributed by atoms with Crippen LogP contribution in [0.3, 0.4) is 0 Å². The van der Waals surface area contributed by atoms with Gasteiger partial charge in [0.05, 0.1) is 11.4 Å². The molecular weight excluding hydrogens is 298 g/mol. The third kappa shape index (κ3) is 2.48. The summed E-state index contributed by atoms with van der Waals surface area (Å²) in [5.41, 5.74) is 3.08. The molecule has 4 nitrogen and oxygen atoms in total. The number of pyridine rings is 1. The highest BCUT2D eigenvalue weighted by Gasteiger charge is 2.38. The Hall–Kier alpha value is -3.27. The van der Waals surface area contributed by atoms with E-state index >= 15 is 0 Å². The number of hydrogen-bond acceptors (Lipinski definition) is 3. The monoisotopic (exact) mass is 313 g/mol. The molecule has 0 saturated carbocycles. The maximum absolute atomic E-state index is 13.1. The van der Waals surface area contributed by atoms with Crippen molar-refractivity contribution in [3.8, 4) is 0 Å². The molecule has 0 spiro atoms. The Labute approximate surface area is 140 Å². The second-order valence-electron chi connectivity index (χ2n) is 5.53. The molecule has 4 rings (SSSR count). The summed E-state index contributed by atoms with van der Waals surface area (Å²) in [6.07, 6.45) is 1.72. The van der Waals surface area contributed by atoms with Crippen LogP contribution in [0.4, 0.5) is 5.69 Å². The largest absolute Gasteiger partial charge is 0.271 e. The van der Waals surface area contributed by atoms with Gasteiger partial charge in [0.2, 0.25) is 0 Å². The van der Waals surface area contributed by atoms with Crippen molar-refractivity contribution in [2.75, 3.05) is 5.01 Å². The van der Waals surface area contributed by atoms with Gasteiger partial charge < -0.3 is 0 Å². The van der Waals surface area contributed by atoms with Crippen LogP contribution >= 0.6 is 0 Å².